The van der Waals surface area contributed by atoms with E-state index >= 15 is 0 Å². The van der Waals surface area contributed by atoms with Gasteiger partial charge in [0.05, 0.1) is 17.5 Å². The molecule has 2 N–H and O–H groups in total. The topological polar surface area (TPSA) is 62.7 Å². The second-order valence-electron chi connectivity index (χ2n) is 6.01. The Morgan fingerprint density at radius 3 is 2.96 bits per heavy atom. The molecule has 2 aromatic heterocycles. The minimum absolute atomic E-state index is 0.0354. The van der Waals surface area contributed by atoms with E-state index in [0.29, 0.717) is 6.42 Å². The van der Waals surface area contributed by atoms with E-state index in [1.807, 2.05) is 67.2 Å². The van der Waals surface area contributed by atoms with Crippen molar-refractivity contribution in [2.24, 2.45) is 7.05 Å². The summed E-state index contributed by atoms with van der Waals surface area (Å²) in [5.74, 6) is 0.916. The molecule has 0 saturated carbocycles. The van der Waals surface area contributed by atoms with Crippen LogP contribution in [0, 0.1) is 6.92 Å². The number of aromatic amines is 1. The molecule has 120 valence electrons. The van der Waals surface area contributed by atoms with Crippen molar-refractivity contribution >= 4 is 33.5 Å². The number of H-pyrrole nitrogens is 1. The zero-order valence-corrected chi connectivity index (χ0v) is 13.6. The number of para-hydroxylation sites is 1. The number of benzene rings is 2. The lowest BCUT2D eigenvalue weighted by molar-refractivity contribution is -0.115. The Bertz CT molecular complexity index is 1060. The van der Waals surface area contributed by atoms with Gasteiger partial charge in [0.2, 0.25) is 5.91 Å². The average molecular weight is 318 g/mol. The van der Waals surface area contributed by atoms with Crippen molar-refractivity contribution < 1.29 is 4.79 Å². The van der Waals surface area contributed by atoms with Gasteiger partial charge in [-0.15, -0.1) is 0 Å². The summed E-state index contributed by atoms with van der Waals surface area (Å²) in [5, 5.41) is 4.05. The quantitative estimate of drug-likeness (QED) is 0.607. The summed E-state index contributed by atoms with van der Waals surface area (Å²) in [4.78, 5) is 20.1. The molecule has 4 aromatic rings. The molecule has 0 aliphatic carbocycles. The summed E-state index contributed by atoms with van der Waals surface area (Å²) in [7, 11) is 1.99. The fourth-order valence-electron chi connectivity index (χ4n) is 3.05. The molecular weight excluding hydrogens is 300 g/mol. The minimum Gasteiger partial charge on any atom is -0.361 e. The highest BCUT2D eigenvalue weighted by Gasteiger charge is 2.10. The van der Waals surface area contributed by atoms with Crippen LogP contribution in [0.3, 0.4) is 0 Å². The van der Waals surface area contributed by atoms with Crippen LogP contribution in [-0.4, -0.2) is 20.4 Å². The SMILES string of the molecule is Cc1nc2cc(NC(=O)Cc3c[nH]c4ccccc34)ccc2n1C. The number of carbonyl (C=O) groups excluding carboxylic acids is 1. The third kappa shape index (κ3) is 2.44. The number of fused-ring (bicyclic) bond motifs is 2. The maximum atomic E-state index is 12.4. The van der Waals surface area contributed by atoms with Gasteiger partial charge in [-0.3, -0.25) is 4.79 Å². The molecule has 2 aromatic carbocycles. The van der Waals surface area contributed by atoms with Crippen molar-refractivity contribution in [2.75, 3.05) is 5.32 Å². The minimum atomic E-state index is -0.0354. The number of imidazole rings is 1. The van der Waals surface area contributed by atoms with Crippen LogP contribution in [-0.2, 0) is 18.3 Å². The lowest BCUT2D eigenvalue weighted by Gasteiger charge is -2.05. The first-order valence-electron chi connectivity index (χ1n) is 7.90. The fraction of sp³-hybridized carbons (Fsp3) is 0.158. The van der Waals surface area contributed by atoms with Crippen LogP contribution in [0.2, 0.25) is 0 Å². The van der Waals surface area contributed by atoms with Gasteiger partial charge in [-0.25, -0.2) is 4.98 Å². The highest BCUT2D eigenvalue weighted by molar-refractivity contribution is 5.97. The van der Waals surface area contributed by atoms with Crippen LogP contribution in [0.5, 0.6) is 0 Å². The molecule has 0 radical (unpaired) electrons. The van der Waals surface area contributed by atoms with E-state index in [4.69, 9.17) is 0 Å². The van der Waals surface area contributed by atoms with Gasteiger partial charge in [-0.2, -0.15) is 0 Å². The Morgan fingerprint density at radius 2 is 2.08 bits per heavy atom. The molecule has 1 amide bonds. The molecule has 2 heterocycles. The van der Waals surface area contributed by atoms with Crippen LogP contribution in [0.25, 0.3) is 21.9 Å². The van der Waals surface area contributed by atoms with Gasteiger partial charge in [0.25, 0.3) is 0 Å². The summed E-state index contributed by atoms with van der Waals surface area (Å²) in [6.45, 7) is 1.97. The highest BCUT2D eigenvalue weighted by Crippen LogP contribution is 2.21. The number of anilines is 1. The molecule has 4 rings (SSSR count). The number of aromatic nitrogens is 3. The molecule has 0 aliphatic rings. The normalized spacial score (nSPS) is 11.2. The van der Waals surface area contributed by atoms with Crippen LogP contribution in [0.1, 0.15) is 11.4 Å². The van der Waals surface area contributed by atoms with Crippen LogP contribution in [0.15, 0.2) is 48.7 Å². The smallest absolute Gasteiger partial charge is 0.228 e. The third-order valence-electron chi connectivity index (χ3n) is 4.41. The molecule has 24 heavy (non-hydrogen) atoms. The zero-order valence-electron chi connectivity index (χ0n) is 13.6. The third-order valence-corrected chi connectivity index (χ3v) is 4.41. The van der Waals surface area contributed by atoms with Crippen LogP contribution < -0.4 is 5.32 Å². The molecule has 5 heteroatoms. The highest BCUT2D eigenvalue weighted by atomic mass is 16.1. The van der Waals surface area contributed by atoms with Crippen molar-refractivity contribution in [1.29, 1.82) is 0 Å². The molecule has 0 unspecified atom stereocenters. The number of nitrogens with one attached hydrogen (secondary N) is 2. The standard InChI is InChI=1S/C19H18N4O/c1-12-21-17-10-14(7-8-18(17)23(12)2)22-19(24)9-13-11-20-16-6-4-3-5-15(13)16/h3-8,10-11,20H,9H2,1-2H3,(H,22,24). The second-order valence-corrected chi connectivity index (χ2v) is 6.01. The number of aryl methyl sites for hydroxylation is 2. The molecule has 5 nitrogen and oxygen atoms in total. The number of carbonyl (C=O) groups is 1. The van der Waals surface area contributed by atoms with E-state index in [0.717, 1.165) is 39.0 Å². The Kier molecular flexibility index (Phi) is 3.34. The van der Waals surface area contributed by atoms with Crippen molar-refractivity contribution in [2.45, 2.75) is 13.3 Å². The molecule has 0 atom stereocenters. The summed E-state index contributed by atoms with van der Waals surface area (Å²) in [6, 6.07) is 13.8. The lowest BCUT2D eigenvalue weighted by Crippen LogP contribution is -2.14. The van der Waals surface area contributed by atoms with Crippen molar-refractivity contribution in [3.8, 4) is 0 Å². The average Bonchev–Trinajstić information content (AvgIpc) is 3.09. The summed E-state index contributed by atoms with van der Waals surface area (Å²) < 4.78 is 2.03. The largest absolute Gasteiger partial charge is 0.361 e. The van der Waals surface area contributed by atoms with Crippen molar-refractivity contribution in [3.05, 3.63) is 60.0 Å². The van der Waals surface area contributed by atoms with Crippen molar-refractivity contribution in [1.82, 2.24) is 14.5 Å². The van der Waals surface area contributed by atoms with Crippen LogP contribution in [0.4, 0.5) is 5.69 Å². The number of hydrogen-bond acceptors (Lipinski definition) is 2. The predicted octanol–water partition coefficient (Wildman–Crippen LogP) is 3.54. The van der Waals surface area contributed by atoms with Crippen LogP contribution >= 0.6 is 0 Å². The molecule has 0 bridgehead atoms. The molecule has 0 spiro atoms. The lowest BCUT2D eigenvalue weighted by atomic mass is 10.1. The Hall–Kier alpha value is -3.08. The van der Waals surface area contributed by atoms with E-state index < -0.39 is 0 Å². The Balaban J connectivity index is 1.55. The van der Waals surface area contributed by atoms with Crippen molar-refractivity contribution in [3.63, 3.8) is 0 Å². The number of hydrogen-bond donors (Lipinski definition) is 2. The Morgan fingerprint density at radius 1 is 1.25 bits per heavy atom. The predicted molar refractivity (Wildman–Crippen MR) is 96.1 cm³/mol. The molecule has 0 fully saturated rings. The summed E-state index contributed by atoms with van der Waals surface area (Å²) in [5.41, 5.74) is 4.76. The van der Waals surface area contributed by atoms with Gasteiger partial charge in [0.15, 0.2) is 0 Å². The second kappa shape index (κ2) is 5.53. The van der Waals surface area contributed by atoms with E-state index in [2.05, 4.69) is 15.3 Å². The molecule has 0 aliphatic heterocycles. The van der Waals surface area contributed by atoms with Gasteiger partial charge < -0.3 is 14.9 Å². The number of nitrogens with zero attached hydrogens (tertiary/aromatic N) is 2. The summed E-state index contributed by atoms with van der Waals surface area (Å²) >= 11 is 0. The van der Waals surface area contributed by atoms with E-state index in [9.17, 15) is 4.79 Å². The van der Waals surface area contributed by atoms with E-state index in [-0.39, 0.29) is 5.91 Å². The van der Waals surface area contributed by atoms with Gasteiger partial charge >= 0.3 is 0 Å². The first-order chi connectivity index (χ1) is 11.6. The molecular formula is C19H18N4O. The van der Waals surface area contributed by atoms with Gasteiger partial charge in [-0.1, -0.05) is 18.2 Å². The maximum absolute atomic E-state index is 12.4. The van der Waals surface area contributed by atoms with E-state index in [1.54, 1.807) is 0 Å². The van der Waals surface area contributed by atoms with Gasteiger partial charge in [0, 0.05) is 29.8 Å². The Labute approximate surface area is 139 Å². The first kappa shape index (κ1) is 14.5. The monoisotopic (exact) mass is 318 g/mol. The van der Waals surface area contributed by atoms with Gasteiger partial charge in [-0.05, 0) is 36.8 Å². The zero-order chi connectivity index (χ0) is 16.7. The molecule has 0 saturated heterocycles. The number of amides is 1. The summed E-state index contributed by atoms with van der Waals surface area (Å²) in [6.07, 6.45) is 2.23. The van der Waals surface area contributed by atoms with E-state index in [1.165, 1.54) is 0 Å². The van der Waals surface area contributed by atoms with Gasteiger partial charge in [0.1, 0.15) is 5.82 Å². The number of rotatable bonds is 3. The fourth-order valence-corrected chi connectivity index (χ4v) is 3.05. The first-order valence-corrected chi connectivity index (χ1v) is 7.90. The maximum Gasteiger partial charge on any atom is 0.228 e.